The lowest BCUT2D eigenvalue weighted by Gasteiger charge is -2.03. The summed E-state index contributed by atoms with van der Waals surface area (Å²) in [5.41, 5.74) is 0.225. The molecule has 0 aliphatic rings. The van der Waals surface area contributed by atoms with Gasteiger partial charge in [0.15, 0.2) is 11.0 Å². The molecule has 0 amide bonds. The highest BCUT2D eigenvalue weighted by molar-refractivity contribution is 9.10. The molecular weight excluding hydrogens is 374 g/mol. The normalized spacial score (nSPS) is 9.96. The molecule has 0 bridgehead atoms. The van der Waals surface area contributed by atoms with Crippen molar-refractivity contribution in [2.24, 2.45) is 5.34 Å². The Morgan fingerprint density at radius 3 is 2.74 bits per heavy atom. The molecule has 0 spiro atoms. The number of carboxylic acid groups (broad SMARTS) is 1. The van der Waals surface area contributed by atoms with E-state index < -0.39 is 5.97 Å². The van der Waals surface area contributed by atoms with Gasteiger partial charge < -0.3 is 15.3 Å². The van der Waals surface area contributed by atoms with E-state index in [9.17, 15) is 9.59 Å². The number of halogens is 1. The predicted molar refractivity (Wildman–Crippen MR) is 81.7 cm³/mol. The highest BCUT2D eigenvalue weighted by atomic mass is 79.9. The first-order valence-electron chi connectivity index (χ1n) is 5.90. The first kappa shape index (κ1) is 16.3. The third kappa shape index (κ3) is 3.23. The van der Waals surface area contributed by atoms with Crippen LogP contribution in [0.15, 0.2) is 45.5 Å². The SMILES string of the molecule is O=C(O)c1ccnc(-n2cc(Br)c3c(=O)[nH]cnc32)c1.O=NO. The Labute approximate surface area is 135 Å². The van der Waals surface area contributed by atoms with Crippen LogP contribution >= 0.6 is 15.9 Å². The summed E-state index contributed by atoms with van der Waals surface area (Å²) < 4.78 is 2.12. The molecule has 0 saturated heterocycles. The maximum Gasteiger partial charge on any atom is 0.335 e. The summed E-state index contributed by atoms with van der Waals surface area (Å²) >= 11 is 3.29. The number of fused-ring (bicyclic) bond motifs is 1. The molecule has 3 aromatic rings. The summed E-state index contributed by atoms with van der Waals surface area (Å²) in [7, 11) is 0. The lowest BCUT2D eigenvalue weighted by molar-refractivity contribution is 0.0696. The van der Waals surface area contributed by atoms with E-state index in [0.717, 1.165) is 0 Å². The van der Waals surface area contributed by atoms with Crippen molar-refractivity contribution in [3.05, 3.63) is 56.2 Å². The van der Waals surface area contributed by atoms with Crippen LogP contribution in [-0.4, -0.2) is 35.8 Å². The van der Waals surface area contributed by atoms with Crippen LogP contribution in [0, 0.1) is 4.91 Å². The molecule has 0 unspecified atom stereocenters. The van der Waals surface area contributed by atoms with Gasteiger partial charge in [0.05, 0.1) is 21.7 Å². The second kappa shape index (κ2) is 6.79. The van der Waals surface area contributed by atoms with Gasteiger partial charge in [0.2, 0.25) is 0 Å². The van der Waals surface area contributed by atoms with E-state index in [1.165, 1.54) is 30.0 Å². The van der Waals surface area contributed by atoms with Crippen LogP contribution < -0.4 is 5.56 Å². The first-order chi connectivity index (χ1) is 11.0. The molecule has 118 valence electrons. The average Bonchev–Trinajstić information content (AvgIpc) is 2.87. The zero-order chi connectivity index (χ0) is 17.0. The summed E-state index contributed by atoms with van der Waals surface area (Å²) in [6.45, 7) is 0. The molecule has 3 heterocycles. The van der Waals surface area contributed by atoms with Crippen molar-refractivity contribution < 1.29 is 15.1 Å². The minimum Gasteiger partial charge on any atom is -0.478 e. The number of nitrogens with one attached hydrogen (secondary N) is 1. The molecule has 0 aliphatic heterocycles. The maximum atomic E-state index is 11.8. The number of aromatic nitrogens is 4. The molecular formula is C12H8BrN5O5. The highest BCUT2D eigenvalue weighted by Crippen LogP contribution is 2.24. The van der Waals surface area contributed by atoms with Crippen LogP contribution in [-0.2, 0) is 0 Å². The van der Waals surface area contributed by atoms with Gasteiger partial charge in [0.25, 0.3) is 5.56 Å². The van der Waals surface area contributed by atoms with E-state index in [1.807, 2.05) is 0 Å². The fourth-order valence-electron chi connectivity index (χ4n) is 1.89. The molecule has 10 nitrogen and oxygen atoms in total. The average molecular weight is 382 g/mol. The van der Waals surface area contributed by atoms with Crippen LogP contribution in [0.4, 0.5) is 0 Å². The molecule has 0 atom stereocenters. The minimum absolute atomic E-state index is 0.109. The van der Waals surface area contributed by atoms with Crippen molar-refractivity contribution in [2.45, 2.75) is 0 Å². The molecule has 0 aromatic carbocycles. The van der Waals surface area contributed by atoms with Crippen LogP contribution in [0.25, 0.3) is 16.9 Å². The quantitative estimate of drug-likeness (QED) is 0.451. The lowest BCUT2D eigenvalue weighted by atomic mass is 10.2. The number of carbonyl (C=O) groups is 1. The molecule has 11 heteroatoms. The maximum absolute atomic E-state index is 11.8. The Hall–Kier alpha value is -3.08. The van der Waals surface area contributed by atoms with Crippen LogP contribution in [0.5, 0.6) is 0 Å². The van der Waals surface area contributed by atoms with Crippen molar-refractivity contribution in [3.63, 3.8) is 0 Å². The lowest BCUT2D eigenvalue weighted by Crippen LogP contribution is -2.07. The Morgan fingerprint density at radius 2 is 2.09 bits per heavy atom. The summed E-state index contributed by atoms with van der Waals surface area (Å²) in [4.78, 5) is 41.6. The minimum atomic E-state index is -1.05. The molecule has 3 N–H and O–H groups in total. The second-order valence-corrected chi connectivity index (χ2v) is 4.92. The molecule has 23 heavy (non-hydrogen) atoms. The number of pyridine rings is 1. The summed E-state index contributed by atoms with van der Waals surface area (Å²) in [5.74, 6) is -0.673. The smallest absolute Gasteiger partial charge is 0.335 e. The fourth-order valence-corrected chi connectivity index (χ4v) is 2.45. The van der Waals surface area contributed by atoms with E-state index in [2.05, 4.69) is 30.9 Å². The number of nitrogens with zero attached hydrogens (tertiary/aromatic N) is 4. The summed E-state index contributed by atoms with van der Waals surface area (Å²) in [6.07, 6.45) is 4.31. The topological polar surface area (TPSA) is 151 Å². The van der Waals surface area contributed by atoms with Crippen molar-refractivity contribution in [1.82, 2.24) is 19.5 Å². The monoisotopic (exact) mass is 381 g/mol. The van der Waals surface area contributed by atoms with Crippen molar-refractivity contribution in [3.8, 4) is 5.82 Å². The third-order valence-electron chi connectivity index (χ3n) is 2.78. The van der Waals surface area contributed by atoms with E-state index in [0.29, 0.717) is 21.3 Å². The third-order valence-corrected chi connectivity index (χ3v) is 3.38. The van der Waals surface area contributed by atoms with Gasteiger partial charge in [0.1, 0.15) is 5.82 Å². The molecule has 0 fully saturated rings. The number of rotatable bonds is 2. The highest BCUT2D eigenvalue weighted by Gasteiger charge is 2.14. The number of hydrogen-bond donors (Lipinski definition) is 3. The fraction of sp³-hybridized carbons (Fsp3) is 0. The number of carboxylic acids is 1. The molecule has 3 aromatic heterocycles. The van der Waals surface area contributed by atoms with Gasteiger partial charge in [-0.2, -0.15) is 0 Å². The van der Waals surface area contributed by atoms with Crippen LogP contribution in [0.2, 0.25) is 0 Å². The van der Waals surface area contributed by atoms with Gasteiger partial charge in [-0.3, -0.25) is 9.36 Å². The first-order valence-corrected chi connectivity index (χ1v) is 6.69. The zero-order valence-corrected chi connectivity index (χ0v) is 12.8. The van der Waals surface area contributed by atoms with Crippen LogP contribution in [0.1, 0.15) is 10.4 Å². The van der Waals surface area contributed by atoms with Crippen molar-refractivity contribution >= 4 is 32.9 Å². The van der Waals surface area contributed by atoms with Gasteiger partial charge in [-0.15, -0.1) is 4.91 Å². The number of hydrogen-bond acceptors (Lipinski definition) is 6. The molecule has 0 saturated carbocycles. The van der Waals surface area contributed by atoms with Crippen LogP contribution in [0.3, 0.4) is 0 Å². The zero-order valence-electron chi connectivity index (χ0n) is 11.2. The van der Waals surface area contributed by atoms with E-state index in [4.69, 9.17) is 15.2 Å². The molecule has 0 radical (unpaired) electrons. The Balaban J connectivity index is 0.000000595. The van der Waals surface area contributed by atoms with Crippen molar-refractivity contribution in [1.29, 1.82) is 0 Å². The second-order valence-electron chi connectivity index (χ2n) is 4.07. The van der Waals surface area contributed by atoms with Gasteiger partial charge in [-0.1, -0.05) is 0 Å². The summed E-state index contributed by atoms with van der Waals surface area (Å²) in [6, 6.07) is 2.81. The number of aromatic amines is 1. The van der Waals surface area contributed by atoms with E-state index >= 15 is 0 Å². The number of aromatic carboxylic acids is 1. The Kier molecular flexibility index (Phi) is 4.81. The van der Waals surface area contributed by atoms with Gasteiger partial charge in [0, 0.05) is 12.4 Å². The van der Waals surface area contributed by atoms with E-state index in [1.54, 1.807) is 10.8 Å². The standard InChI is InChI=1S/C12H7BrN4O3.HNO2/c13-7-4-17(10-9(7)11(18)16-5-15-10)8-3-6(12(19)20)1-2-14-8;2-1-3/h1-5H,(H,19,20)(H,15,16,18);(H,2,3). The Bertz CT molecular complexity index is 935. The van der Waals surface area contributed by atoms with Gasteiger partial charge in [-0.05, 0) is 28.1 Å². The predicted octanol–water partition coefficient (Wildman–Crippen LogP) is 1.71. The summed E-state index contributed by atoms with van der Waals surface area (Å²) in [5, 5.41) is 17.3. The Morgan fingerprint density at radius 1 is 1.39 bits per heavy atom. The molecule has 0 aliphatic carbocycles. The van der Waals surface area contributed by atoms with E-state index in [-0.39, 0.29) is 11.1 Å². The van der Waals surface area contributed by atoms with Gasteiger partial charge in [-0.25, -0.2) is 14.8 Å². The van der Waals surface area contributed by atoms with Crippen molar-refractivity contribution in [2.75, 3.05) is 0 Å². The number of H-pyrrole nitrogens is 1. The van der Waals surface area contributed by atoms with Gasteiger partial charge >= 0.3 is 5.97 Å². The molecule has 3 rings (SSSR count). The largest absolute Gasteiger partial charge is 0.478 e.